The maximum atomic E-state index is 10.9. The number of aliphatic hydroxyl groups is 1. The van der Waals surface area contributed by atoms with Crippen LogP contribution in [0.2, 0.25) is 0 Å². The molecule has 0 aromatic heterocycles. The zero-order valence-corrected chi connectivity index (χ0v) is 21.3. The monoisotopic (exact) mass is 475 g/mol. The second kappa shape index (κ2) is 11.2. The Labute approximate surface area is 216 Å². The molecule has 1 aliphatic rings. The minimum atomic E-state index is -0.259. The maximum absolute atomic E-state index is 10.9. The fourth-order valence-corrected chi connectivity index (χ4v) is 6.09. The molecule has 2 nitrogen and oxygen atoms in total. The lowest BCUT2D eigenvalue weighted by atomic mass is 9.64. The lowest BCUT2D eigenvalue weighted by Gasteiger charge is -2.48. The van der Waals surface area contributed by atoms with Crippen molar-refractivity contribution in [1.29, 1.82) is 0 Å². The van der Waals surface area contributed by atoms with Gasteiger partial charge in [-0.15, -0.1) is 0 Å². The number of likely N-dealkylation sites (tertiary alicyclic amines) is 1. The normalized spacial score (nSPS) is 20.5. The summed E-state index contributed by atoms with van der Waals surface area (Å²) in [6.07, 6.45) is 2.03. The molecule has 1 aliphatic heterocycles. The van der Waals surface area contributed by atoms with Crippen LogP contribution in [0.1, 0.15) is 52.5 Å². The first-order chi connectivity index (χ1) is 17.7. The fourth-order valence-electron chi connectivity index (χ4n) is 6.09. The Morgan fingerprint density at radius 2 is 1.33 bits per heavy atom. The Bertz CT molecular complexity index is 1170. The molecule has 0 amide bonds. The van der Waals surface area contributed by atoms with Crippen molar-refractivity contribution in [2.24, 2.45) is 0 Å². The van der Waals surface area contributed by atoms with Crippen LogP contribution in [-0.4, -0.2) is 36.2 Å². The smallest absolute Gasteiger partial charge is 0.0534 e. The highest BCUT2D eigenvalue weighted by molar-refractivity contribution is 5.37. The van der Waals surface area contributed by atoms with Gasteiger partial charge in [-0.05, 0) is 55.1 Å². The highest BCUT2D eigenvalue weighted by Crippen LogP contribution is 2.45. The summed E-state index contributed by atoms with van der Waals surface area (Å²) in [7, 11) is 0. The Morgan fingerprint density at radius 3 is 1.89 bits per heavy atom. The quantitative estimate of drug-likeness (QED) is 0.298. The number of hydrogen-bond acceptors (Lipinski definition) is 2. The summed E-state index contributed by atoms with van der Waals surface area (Å²) in [5, 5.41) is 10.9. The summed E-state index contributed by atoms with van der Waals surface area (Å²) in [4.78, 5) is 2.63. The van der Waals surface area contributed by atoms with E-state index in [1.165, 1.54) is 27.8 Å². The summed E-state index contributed by atoms with van der Waals surface area (Å²) in [6.45, 7) is 5.29. The van der Waals surface area contributed by atoms with Crippen LogP contribution in [0.5, 0.6) is 0 Å². The van der Waals surface area contributed by atoms with Crippen LogP contribution in [0.3, 0.4) is 0 Å². The van der Waals surface area contributed by atoms with E-state index in [9.17, 15) is 5.11 Å². The molecule has 0 bridgehead atoms. The summed E-state index contributed by atoms with van der Waals surface area (Å²) in [5.41, 5.74) is 6.35. The van der Waals surface area contributed by atoms with Gasteiger partial charge < -0.3 is 10.0 Å². The van der Waals surface area contributed by atoms with Crippen molar-refractivity contribution in [3.8, 4) is 0 Å². The van der Waals surface area contributed by atoms with Gasteiger partial charge in [0, 0.05) is 23.8 Å². The molecule has 1 saturated heterocycles. The van der Waals surface area contributed by atoms with Crippen LogP contribution in [0.4, 0.5) is 0 Å². The van der Waals surface area contributed by atoms with Crippen LogP contribution < -0.4 is 0 Å². The zero-order chi connectivity index (χ0) is 24.8. The van der Waals surface area contributed by atoms with E-state index >= 15 is 0 Å². The molecule has 0 saturated carbocycles. The van der Waals surface area contributed by atoms with Gasteiger partial charge in [-0.3, -0.25) is 0 Å². The summed E-state index contributed by atoms with van der Waals surface area (Å²) in [6, 6.07) is 41.5. The minimum absolute atomic E-state index is 0.167. The Balaban J connectivity index is 1.41. The van der Waals surface area contributed by atoms with Crippen molar-refractivity contribution in [1.82, 2.24) is 4.90 Å². The molecule has 0 spiro atoms. The van der Waals surface area contributed by atoms with E-state index in [-0.39, 0.29) is 17.9 Å². The maximum Gasteiger partial charge on any atom is 0.0534 e. The topological polar surface area (TPSA) is 23.5 Å². The number of aryl methyl sites for hydroxylation is 1. The van der Waals surface area contributed by atoms with E-state index in [1.807, 2.05) is 0 Å². The minimum Gasteiger partial charge on any atom is -0.395 e. The van der Waals surface area contributed by atoms with Crippen molar-refractivity contribution >= 4 is 0 Å². The summed E-state index contributed by atoms with van der Waals surface area (Å²) in [5.74, 6) is 0.620. The first kappa shape index (κ1) is 24.5. The van der Waals surface area contributed by atoms with E-state index in [2.05, 4.69) is 127 Å². The summed E-state index contributed by atoms with van der Waals surface area (Å²) < 4.78 is 0. The molecule has 4 aromatic rings. The van der Waals surface area contributed by atoms with Crippen LogP contribution >= 0.6 is 0 Å². The van der Waals surface area contributed by atoms with Gasteiger partial charge >= 0.3 is 0 Å². The molecule has 0 radical (unpaired) electrons. The predicted octanol–water partition coefficient (Wildman–Crippen LogP) is 6.94. The van der Waals surface area contributed by atoms with Crippen molar-refractivity contribution in [3.63, 3.8) is 0 Å². The van der Waals surface area contributed by atoms with Gasteiger partial charge in [0.1, 0.15) is 0 Å². The van der Waals surface area contributed by atoms with Gasteiger partial charge in [0.2, 0.25) is 0 Å². The van der Waals surface area contributed by atoms with Gasteiger partial charge in [-0.25, -0.2) is 0 Å². The number of nitrogens with zero attached hydrogens (tertiary/aromatic N) is 1. The third kappa shape index (κ3) is 5.16. The van der Waals surface area contributed by atoms with E-state index < -0.39 is 0 Å². The SMILES string of the molecule is Cc1ccc(C2CN(CCC(c3ccccc3)c3ccccc3)CCC2(CO)c2ccccc2)cc1. The van der Waals surface area contributed by atoms with E-state index in [1.54, 1.807) is 0 Å². The predicted molar refractivity (Wildman–Crippen MR) is 150 cm³/mol. The molecule has 184 valence electrons. The third-order valence-corrected chi connectivity index (χ3v) is 8.23. The van der Waals surface area contributed by atoms with Gasteiger partial charge in [0.25, 0.3) is 0 Å². The molecular weight excluding hydrogens is 438 g/mol. The first-order valence-electron chi connectivity index (χ1n) is 13.2. The van der Waals surface area contributed by atoms with Crippen molar-refractivity contribution < 1.29 is 5.11 Å². The van der Waals surface area contributed by atoms with E-state index in [0.29, 0.717) is 5.92 Å². The Kier molecular flexibility index (Phi) is 7.65. The van der Waals surface area contributed by atoms with Crippen LogP contribution in [0.15, 0.2) is 115 Å². The average Bonchev–Trinajstić information content (AvgIpc) is 2.95. The van der Waals surface area contributed by atoms with Gasteiger partial charge in [-0.2, -0.15) is 0 Å². The highest BCUT2D eigenvalue weighted by Gasteiger charge is 2.44. The molecule has 2 atom stereocenters. The van der Waals surface area contributed by atoms with Crippen LogP contribution in [-0.2, 0) is 5.41 Å². The van der Waals surface area contributed by atoms with Crippen molar-refractivity contribution in [2.45, 2.75) is 37.0 Å². The number of piperidine rings is 1. The molecule has 2 unspecified atom stereocenters. The number of benzene rings is 4. The molecule has 4 aromatic carbocycles. The standard InChI is InChI=1S/C34H37NO/c1-27-17-19-30(20-18-27)33-25-35(24-22-34(33,26-36)31-15-9-4-10-16-31)23-21-32(28-11-5-2-6-12-28)29-13-7-3-8-14-29/h2-20,32-33,36H,21-26H2,1H3. The zero-order valence-electron chi connectivity index (χ0n) is 21.3. The molecular formula is C34H37NO. The molecule has 1 heterocycles. The highest BCUT2D eigenvalue weighted by atomic mass is 16.3. The summed E-state index contributed by atoms with van der Waals surface area (Å²) >= 11 is 0. The van der Waals surface area contributed by atoms with Crippen LogP contribution in [0, 0.1) is 6.92 Å². The lowest BCUT2D eigenvalue weighted by molar-refractivity contribution is 0.0774. The van der Waals surface area contributed by atoms with Crippen molar-refractivity contribution in [3.05, 3.63) is 143 Å². The second-order valence-electron chi connectivity index (χ2n) is 10.4. The van der Waals surface area contributed by atoms with Gasteiger partial charge in [0.05, 0.1) is 6.61 Å². The number of rotatable bonds is 8. The molecule has 36 heavy (non-hydrogen) atoms. The first-order valence-corrected chi connectivity index (χ1v) is 13.2. The van der Waals surface area contributed by atoms with Crippen molar-refractivity contribution in [2.75, 3.05) is 26.2 Å². The second-order valence-corrected chi connectivity index (χ2v) is 10.4. The number of aliphatic hydroxyl groups excluding tert-OH is 1. The largest absolute Gasteiger partial charge is 0.395 e. The molecule has 2 heteroatoms. The third-order valence-electron chi connectivity index (χ3n) is 8.23. The van der Waals surface area contributed by atoms with E-state index in [0.717, 1.165) is 32.5 Å². The Morgan fingerprint density at radius 1 is 0.778 bits per heavy atom. The molecule has 0 aliphatic carbocycles. The van der Waals surface area contributed by atoms with E-state index in [4.69, 9.17) is 0 Å². The molecule has 5 rings (SSSR count). The van der Waals surface area contributed by atoms with Gasteiger partial charge in [0.15, 0.2) is 0 Å². The van der Waals surface area contributed by atoms with Crippen LogP contribution in [0.25, 0.3) is 0 Å². The fraction of sp³-hybridized carbons (Fsp3) is 0.294. The Hall–Kier alpha value is -3.20. The molecule has 1 N–H and O–H groups in total. The average molecular weight is 476 g/mol. The molecule has 1 fully saturated rings. The lowest BCUT2D eigenvalue weighted by Crippen LogP contribution is -2.51. The number of hydrogen-bond donors (Lipinski definition) is 1. The van der Waals surface area contributed by atoms with Gasteiger partial charge in [-0.1, -0.05) is 121 Å².